The molecule has 1 unspecified atom stereocenters. The highest BCUT2D eigenvalue weighted by molar-refractivity contribution is 7.98. The van der Waals surface area contributed by atoms with Crippen LogP contribution in [0.2, 0.25) is 15.1 Å². The van der Waals surface area contributed by atoms with E-state index in [0.29, 0.717) is 16.7 Å². The lowest BCUT2D eigenvalue weighted by Crippen LogP contribution is -2.22. The number of imidazole rings is 1. The first-order valence-corrected chi connectivity index (χ1v) is 10.7. The highest BCUT2D eigenvalue weighted by Crippen LogP contribution is 2.25. The predicted molar refractivity (Wildman–Crippen MR) is 115 cm³/mol. The third-order valence-electron chi connectivity index (χ3n) is 3.93. The van der Waals surface area contributed by atoms with Gasteiger partial charge in [0.25, 0.3) is 0 Å². The molecule has 2 aromatic carbocycles. The minimum absolute atomic E-state index is 0.0580. The second-order valence-corrected chi connectivity index (χ2v) is 8.36. The zero-order valence-electron chi connectivity index (χ0n) is 14.5. The molecule has 3 rings (SSSR count). The Balaban J connectivity index is 1.55. The van der Waals surface area contributed by atoms with Crippen LogP contribution in [-0.2, 0) is 23.6 Å². The lowest BCUT2D eigenvalue weighted by Gasteiger charge is -2.18. The fourth-order valence-corrected chi connectivity index (χ4v) is 3.96. The summed E-state index contributed by atoms with van der Waals surface area (Å²) in [5, 5.41) is 1.89. The van der Waals surface area contributed by atoms with Crippen molar-refractivity contribution in [2.24, 2.45) is 0 Å². The van der Waals surface area contributed by atoms with Crippen LogP contribution < -0.4 is 0 Å². The van der Waals surface area contributed by atoms with Crippen LogP contribution in [0.5, 0.6) is 0 Å². The van der Waals surface area contributed by atoms with Crippen molar-refractivity contribution >= 4 is 46.6 Å². The summed E-state index contributed by atoms with van der Waals surface area (Å²) in [7, 11) is 0. The first-order valence-electron chi connectivity index (χ1n) is 8.43. The molecular weight excluding hydrogens is 423 g/mol. The molecule has 142 valence electrons. The summed E-state index contributed by atoms with van der Waals surface area (Å²) in [5.74, 6) is 1.70. The number of aromatic nitrogens is 2. The average molecular weight is 442 g/mol. The summed E-state index contributed by atoms with van der Waals surface area (Å²) in [6.45, 7) is 1.30. The summed E-state index contributed by atoms with van der Waals surface area (Å²) < 4.78 is 8.20. The second-order valence-electron chi connectivity index (χ2n) is 6.08. The van der Waals surface area contributed by atoms with Crippen LogP contribution in [-0.4, -0.2) is 21.4 Å². The maximum atomic E-state index is 6.16. The number of hydrogen-bond acceptors (Lipinski definition) is 3. The van der Waals surface area contributed by atoms with Gasteiger partial charge in [-0.15, -0.1) is 0 Å². The third-order valence-corrected chi connectivity index (χ3v) is 6.07. The van der Waals surface area contributed by atoms with Gasteiger partial charge in [0.15, 0.2) is 0 Å². The van der Waals surface area contributed by atoms with Crippen LogP contribution in [0.15, 0.2) is 61.2 Å². The number of halogens is 3. The maximum Gasteiger partial charge on any atom is 0.0946 e. The summed E-state index contributed by atoms with van der Waals surface area (Å²) in [5.41, 5.74) is 2.25. The molecule has 0 saturated carbocycles. The van der Waals surface area contributed by atoms with Crippen molar-refractivity contribution in [2.75, 3.05) is 5.75 Å². The van der Waals surface area contributed by atoms with E-state index >= 15 is 0 Å². The molecule has 0 saturated heterocycles. The summed E-state index contributed by atoms with van der Waals surface area (Å²) in [6.07, 6.45) is 5.59. The lowest BCUT2D eigenvalue weighted by molar-refractivity contribution is 0.0450. The quantitative estimate of drug-likeness (QED) is 0.386. The van der Waals surface area contributed by atoms with Gasteiger partial charge < -0.3 is 9.30 Å². The van der Waals surface area contributed by atoms with Gasteiger partial charge in [-0.1, -0.05) is 53.0 Å². The first-order chi connectivity index (χ1) is 13.1. The highest BCUT2D eigenvalue weighted by Gasteiger charge is 2.11. The Morgan fingerprint density at radius 3 is 2.48 bits per heavy atom. The van der Waals surface area contributed by atoms with Crippen molar-refractivity contribution in [1.82, 2.24) is 9.55 Å². The highest BCUT2D eigenvalue weighted by atomic mass is 35.5. The molecule has 0 spiro atoms. The van der Waals surface area contributed by atoms with E-state index in [1.54, 1.807) is 18.0 Å². The topological polar surface area (TPSA) is 27.1 Å². The van der Waals surface area contributed by atoms with Gasteiger partial charge in [-0.2, -0.15) is 11.8 Å². The van der Waals surface area contributed by atoms with Gasteiger partial charge in [-0.3, -0.25) is 0 Å². The summed E-state index contributed by atoms with van der Waals surface area (Å²) in [6, 6.07) is 13.5. The van der Waals surface area contributed by atoms with E-state index in [9.17, 15) is 0 Å². The largest absolute Gasteiger partial charge is 0.371 e. The second kappa shape index (κ2) is 10.4. The smallest absolute Gasteiger partial charge is 0.0946 e. The number of ether oxygens (including phenoxy) is 1. The Bertz CT molecular complexity index is 841. The van der Waals surface area contributed by atoms with Gasteiger partial charge in [-0.25, -0.2) is 4.98 Å². The minimum atomic E-state index is 0.0580. The van der Waals surface area contributed by atoms with E-state index < -0.39 is 0 Å². The number of thioether (sulfide) groups is 1. The van der Waals surface area contributed by atoms with Gasteiger partial charge in [-0.05, 0) is 35.4 Å². The van der Waals surface area contributed by atoms with Gasteiger partial charge in [0, 0.05) is 28.9 Å². The number of hydrogen-bond donors (Lipinski definition) is 0. The van der Waals surface area contributed by atoms with Gasteiger partial charge in [0.05, 0.1) is 35.6 Å². The standard InChI is InChI=1S/C20H19Cl3N2OS/c21-17-4-1-15(2-5-17)11-26-18(10-25-8-7-24-14-25)13-27-12-16-3-6-19(22)20(23)9-16/h1-9,14,18H,10-13H2. The molecule has 3 nitrogen and oxygen atoms in total. The predicted octanol–water partition coefficient (Wildman–Crippen LogP) is 6.36. The monoisotopic (exact) mass is 440 g/mol. The van der Waals surface area contributed by atoms with Crippen LogP contribution in [0.25, 0.3) is 0 Å². The fraction of sp³-hybridized carbons (Fsp3) is 0.250. The molecule has 27 heavy (non-hydrogen) atoms. The molecule has 1 aromatic heterocycles. The molecule has 0 aliphatic heterocycles. The van der Waals surface area contributed by atoms with E-state index in [0.717, 1.165) is 34.2 Å². The molecule has 0 radical (unpaired) electrons. The maximum absolute atomic E-state index is 6.16. The van der Waals surface area contributed by atoms with Crippen molar-refractivity contribution < 1.29 is 4.74 Å². The first kappa shape index (κ1) is 20.6. The van der Waals surface area contributed by atoms with Crippen molar-refractivity contribution in [3.8, 4) is 0 Å². The summed E-state index contributed by atoms with van der Waals surface area (Å²) in [4.78, 5) is 4.11. The van der Waals surface area contributed by atoms with Crippen LogP contribution in [0, 0.1) is 0 Å². The third kappa shape index (κ3) is 6.74. The van der Waals surface area contributed by atoms with Gasteiger partial charge in [0.2, 0.25) is 0 Å². The van der Waals surface area contributed by atoms with Gasteiger partial charge >= 0.3 is 0 Å². The fourth-order valence-electron chi connectivity index (χ4n) is 2.52. The normalized spacial score (nSPS) is 12.3. The molecule has 0 bridgehead atoms. The van der Waals surface area contributed by atoms with Crippen molar-refractivity contribution in [1.29, 1.82) is 0 Å². The zero-order valence-corrected chi connectivity index (χ0v) is 17.6. The zero-order chi connectivity index (χ0) is 19.1. The van der Waals surface area contributed by atoms with Crippen LogP contribution in [0.3, 0.4) is 0 Å². The Kier molecular flexibility index (Phi) is 7.92. The molecule has 1 atom stereocenters. The molecule has 7 heteroatoms. The molecule has 0 aliphatic carbocycles. The molecule has 0 N–H and O–H groups in total. The molecule has 0 aliphatic rings. The number of benzene rings is 2. The Hall–Kier alpha value is -1.17. The van der Waals surface area contributed by atoms with Crippen molar-refractivity contribution in [3.63, 3.8) is 0 Å². The Morgan fingerprint density at radius 2 is 1.78 bits per heavy atom. The lowest BCUT2D eigenvalue weighted by atomic mass is 10.2. The Labute approximate surface area is 178 Å². The minimum Gasteiger partial charge on any atom is -0.371 e. The Morgan fingerprint density at radius 1 is 1.00 bits per heavy atom. The van der Waals surface area contributed by atoms with Gasteiger partial charge in [0.1, 0.15) is 0 Å². The molecular formula is C20H19Cl3N2OS. The number of rotatable bonds is 9. The molecule has 1 heterocycles. The summed E-state index contributed by atoms with van der Waals surface area (Å²) >= 11 is 19.8. The van der Waals surface area contributed by atoms with Crippen LogP contribution >= 0.6 is 46.6 Å². The number of nitrogens with zero attached hydrogens (tertiary/aromatic N) is 2. The van der Waals surface area contributed by atoms with E-state index in [2.05, 4.69) is 4.98 Å². The van der Waals surface area contributed by atoms with Crippen molar-refractivity contribution in [2.45, 2.75) is 25.0 Å². The molecule has 3 aromatic rings. The van der Waals surface area contributed by atoms with E-state index in [4.69, 9.17) is 39.5 Å². The van der Waals surface area contributed by atoms with Crippen LogP contribution in [0.4, 0.5) is 0 Å². The SMILES string of the molecule is Clc1ccc(COC(CSCc2ccc(Cl)c(Cl)c2)Cn2ccnc2)cc1. The van der Waals surface area contributed by atoms with Crippen molar-refractivity contribution in [3.05, 3.63) is 87.4 Å². The van der Waals surface area contributed by atoms with E-state index in [1.165, 1.54) is 0 Å². The van der Waals surface area contributed by atoms with Crippen LogP contribution in [0.1, 0.15) is 11.1 Å². The average Bonchev–Trinajstić information content (AvgIpc) is 3.17. The van der Waals surface area contributed by atoms with E-state index in [1.807, 2.05) is 59.6 Å². The molecule has 0 fully saturated rings. The molecule has 0 amide bonds. The van der Waals surface area contributed by atoms with E-state index in [-0.39, 0.29) is 6.10 Å².